The molecule has 19 heavy (non-hydrogen) atoms. The highest BCUT2D eigenvalue weighted by Gasteiger charge is 2.28. The Hall–Kier alpha value is -2.11. The van der Waals surface area contributed by atoms with Crippen LogP contribution >= 0.6 is 0 Å². The fourth-order valence-electron chi connectivity index (χ4n) is 2.45. The van der Waals surface area contributed by atoms with E-state index in [1.165, 1.54) is 0 Å². The van der Waals surface area contributed by atoms with Gasteiger partial charge in [0.25, 0.3) is 0 Å². The lowest BCUT2D eigenvalue weighted by atomic mass is 10.2. The van der Waals surface area contributed by atoms with E-state index in [0.717, 1.165) is 31.1 Å². The maximum Gasteiger partial charge on any atom is 0.245 e. The second-order valence-electron chi connectivity index (χ2n) is 4.72. The summed E-state index contributed by atoms with van der Waals surface area (Å²) < 4.78 is 7.55. The van der Waals surface area contributed by atoms with Crippen molar-refractivity contribution in [3.05, 3.63) is 30.3 Å². The zero-order valence-corrected chi connectivity index (χ0v) is 10.9. The van der Waals surface area contributed by atoms with E-state index in [9.17, 15) is 0 Å². The third kappa shape index (κ3) is 2.52. The van der Waals surface area contributed by atoms with Crippen molar-refractivity contribution in [1.82, 2.24) is 20.2 Å². The Morgan fingerprint density at radius 1 is 1.32 bits per heavy atom. The molecule has 1 saturated heterocycles. The number of aryl methyl sites for hydroxylation is 1. The molecule has 2 aromatic rings. The first-order valence-corrected chi connectivity index (χ1v) is 6.51. The monoisotopic (exact) mass is 259 g/mol. The van der Waals surface area contributed by atoms with Crippen LogP contribution in [0.3, 0.4) is 0 Å². The first-order valence-electron chi connectivity index (χ1n) is 6.51. The van der Waals surface area contributed by atoms with Crippen LogP contribution in [0.1, 0.15) is 12.8 Å². The number of para-hydroxylation sites is 1. The van der Waals surface area contributed by atoms with Gasteiger partial charge in [0.1, 0.15) is 12.4 Å². The van der Waals surface area contributed by atoms with E-state index in [-0.39, 0.29) is 0 Å². The number of ether oxygens (including phenoxy) is 1. The molecular weight excluding hydrogens is 242 g/mol. The predicted octanol–water partition coefficient (Wildman–Crippen LogP) is 1.26. The van der Waals surface area contributed by atoms with Crippen LogP contribution in [0.15, 0.2) is 30.3 Å². The minimum Gasteiger partial charge on any atom is -0.491 e. The maximum absolute atomic E-state index is 5.84. The summed E-state index contributed by atoms with van der Waals surface area (Å²) in [5.74, 6) is 1.73. The highest BCUT2D eigenvalue weighted by Crippen LogP contribution is 2.23. The van der Waals surface area contributed by atoms with Crippen LogP contribution in [-0.2, 0) is 7.05 Å². The summed E-state index contributed by atoms with van der Waals surface area (Å²) in [5.41, 5.74) is 0. The molecule has 0 saturated carbocycles. The molecule has 0 aliphatic carbocycles. The Kier molecular flexibility index (Phi) is 3.31. The molecule has 6 heteroatoms. The summed E-state index contributed by atoms with van der Waals surface area (Å²) in [6, 6.07) is 10.2. The summed E-state index contributed by atoms with van der Waals surface area (Å²) >= 11 is 0. The van der Waals surface area contributed by atoms with Gasteiger partial charge in [-0.15, -0.1) is 0 Å². The molecule has 0 radical (unpaired) electrons. The van der Waals surface area contributed by atoms with E-state index in [1.54, 1.807) is 4.68 Å². The van der Waals surface area contributed by atoms with Crippen molar-refractivity contribution in [2.24, 2.45) is 7.05 Å². The minimum atomic E-state index is 0.338. The third-order valence-electron chi connectivity index (χ3n) is 3.42. The molecule has 1 aliphatic rings. The molecule has 3 rings (SSSR count). The number of rotatable bonds is 4. The molecule has 1 aromatic heterocycles. The first kappa shape index (κ1) is 12.0. The van der Waals surface area contributed by atoms with E-state index in [4.69, 9.17) is 4.74 Å². The SMILES string of the molecule is Cn1nnnc1N1CCC[C@H]1COc1ccccc1. The number of benzene rings is 1. The number of hydrogen-bond donors (Lipinski definition) is 0. The Morgan fingerprint density at radius 3 is 2.89 bits per heavy atom. The van der Waals surface area contributed by atoms with Crippen LogP contribution in [0, 0.1) is 0 Å². The van der Waals surface area contributed by atoms with Crippen molar-refractivity contribution < 1.29 is 4.74 Å². The van der Waals surface area contributed by atoms with E-state index in [1.807, 2.05) is 37.4 Å². The molecule has 100 valence electrons. The standard InChI is InChI=1S/C13H17N5O/c1-17-13(14-15-16-17)18-9-5-6-11(18)10-19-12-7-3-2-4-8-12/h2-4,7-8,11H,5-6,9-10H2,1H3/t11-/m0/s1. The van der Waals surface area contributed by atoms with Crippen LogP contribution in [0.2, 0.25) is 0 Å². The van der Waals surface area contributed by atoms with Gasteiger partial charge >= 0.3 is 0 Å². The number of anilines is 1. The van der Waals surface area contributed by atoms with Crippen molar-refractivity contribution in [2.75, 3.05) is 18.1 Å². The molecule has 1 aromatic carbocycles. The molecule has 6 nitrogen and oxygen atoms in total. The second kappa shape index (κ2) is 5.26. The highest BCUT2D eigenvalue weighted by molar-refractivity contribution is 5.32. The second-order valence-corrected chi connectivity index (χ2v) is 4.72. The number of hydrogen-bond acceptors (Lipinski definition) is 5. The Balaban J connectivity index is 1.66. The number of aromatic nitrogens is 4. The Bertz CT molecular complexity index is 527. The highest BCUT2D eigenvalue weighted by atomic mass is 16.5. The van der Waals surface area contributed by atoms with Gasteiger partial charge in [0.15, 0.2) is 0 Å². The lowest BCUT2D eigenvalue weighted by molar-refractivity contribution is 0.287. The van der Waals surface area contributed by atoms with Gasteiger partial charge in [-0.1, -0.05) is 23.3 Å². The Labute approximate surface area is 112 Å². The average molecular weight is 259 g/mol. The zero-order valence-electron chi connectivity index (χ0n) is 10.9. The lowest BCUT2D eigenvalue weighted by Crippen LogP contribution is -2.36. The van der Waals surface area contributed by atoms with Gasteiger partial charge in [0, 0.05) is 13.6 Å². The van der Waals surface area contributed by atoms with Crippen molar-refractivity contribution in [3.63, 3.8) is 0 Å². The molecule has 2 heterocycles. The average Bonchev–Trinajstić information content (AvgIpc) is 3.05. The van der Waals surface area contributed by atoms with E-state index < -0.39 is 0 Å². The summed E-state index contributed by atoms with van der Waals surface area (Å²) in [7, 11) is 1.86. The third-order valence-corrected chi connectivity index (χ3v) is 3.42. The molecular formula is C13H17N5O. The maximum atomic E-state index is 5.84. The van der Waals surface area contributed by atoms with E-state index in [2.05, 4.69) is 20.4 Å². The summed E-state index contributed by atoms with van der Waals surface area (Å²) in [6.07, 6.45) is 2.26. The Morgan fingerprint density at radius 2 is 2.16 bits per heavy atom. The van der Waals surface area contributed by atoms with Gasteiger partial charge in [-0.3, -0.25) is 0 Å². The minimum absolute atomic E-state index is 0.338. The van der Waals surface area contributed by atoms with Crippen molar-refractivity contribution in [2.45, 2.75) is 18.9 Å². The first-order chi connectivity index (χ1) is 9.34. The van der Waals surface area contributed by atoms with E-state index in [0.29, 0.717) is 12.6 Å². The van der Waals surface area contributed by atoms with Crippen molar-refractivity contribution in [1.29, 1.82) is 0 Å². The van der Waals surface area contributed by atoms with Gasteiger partial charge < -0.3 is 9.64 Å². The number of nitrogens with zero attached hydrogens (tertiary/aromatic N) is 5. The van der Waals surface area contributed by atoms with Gasteiger partial charge in [-0.25, -0.2) is 4.68 Å². The van der Waals surface area contributed by atoms with Gasteiger partial charge in [-0.05, 0) is 35.4 Å². The molecule has 0 N–H and O–H groups in total. The topological polar surface area (TPSA) is 56.1 Å². The van der Waals surface area contributed by atoms with Crippen LogP contribution in [-0.4, -0.2) is 39.4 Å². The van der Waals surface area contributed by atoms with Crippen LogP contribution in [0.5, 0.6) is 5.75 Å². The molecule has 1 atom stereocenters. The zero-order chi connectivity index (χ0) is 13.1. The van der Waals surface area contributed by atoms with Gasteiger partial charge in [0.2, 0.25) is 5.95 Å². The van der Waals surface area contributed by atoms with E-state index >= 15 is 0 Å². The molecule has 0 bridgehead atoms. The van der Waals surface area contributed by atoms with Crippen molar-refractivity contribution >= 4 is 5.95 Å². The predicted molar refractivity (Wildman–Crippen MR) is 71.1 cm³/mol. The number of tetrazole rings is 1. The molecule has 0 spiro atoms. The lowest BCUT2D eigenvalue weighted by Gasteiger charge is -2.24. The quantitative estimate of drug-likeness (QED) is 0.827. The molecule has 0 amide bonds. The smallest absolute Gasteiger partial charge is 0.245 e. The molecule has 1 fully saturated rings. The van der Waals surface area contributed by atoms with Crippen LogP contribution < -0.4 is 9.64 Å². The van der Waals surface area contributed by atoms with Crippen LogP contribution in [0.25, 0.3) is 0 Å². The summed E-state index contributed by atoms with van der Waals surface area (Å²) in [4.78, 5) is 2.23. The molecule has 1 aliphatic heterocycles. The van der Waals surface area contributed by atoms with Crippen molar-refractivity contribution in [3.8, 4) is 5.75 Å². The fourth-order valence-corrected chi connectivity index (χ4v) is 2.45. The summed E-state index contributed by atoms with van der Waals surface area (Å²) in [5, 5.41) is 11.7. The fraction of sp³-hybridized carbons (Fsp3) is 0.462. The normalized spacial score (nSPS) is 18.8. The van der Waals surface area contributed by atoms with Gasteiger partial charge in [-0.2, -0.15) is 0 Å². The largest absolute Gasteiger partial charge is 0.491 e. The summed E-state index contributed by atoms with van der Waals surface area (Å²) in [6.45, 7) is 1.65. The van der Waals surface area contributed by atoms with Gasteiger partial charge in [0.05, 0.1) is 6.04 Å². The van der Waals surface area contributed by atoms with Crippen LogP contribution in [0.4, 0.5) is 5.95 Å². The molecule has 0 unspecified atom stereocenters.